The van der Waals surface area contributed by atoms with Crippen LogP contribution in [-0.4, -0.2) is 0 Å². The van der Waals surface area contributed by atoms with E-state index in [4.69, 9.17) is 0 Å². The lowest BCUT2D eigenvalue weighted by molar-refractivity contribution is 0.617. The van der Waals surface area contributed by atoms with Gasteiger partial charge in [-0.3, -0.25) is 0 Å². The third-order valence-corrected chi connectivity index (χ3v) is 2.70. The van der Waals surface area contributed by atoms with Crippen LogP contribution in [0.15, 0.2) is 35.3 Å². The molecule has 74 valence electrons. The van der Waals surface area contributed by atoms with Crippen LogP contribution in [0.4, 0.5) is 4.39 Å². The Morgan fingerprint density at radius 1 is 1.50 bits per heavy atom. The lowest BCUT2D eigenvalue weighted by Crippen LogP contribution is -1.88. The maximum atomic E-state index is 13.1. The van der Waals surface area contributed by atoms with Crippen LogP contribution in [0.1, 0.15) is 18.1 Å². The second kappa shape index (κ2) is 4.56. The van der Waals surface area contributed by atoms with Gasteiger partial charge in [-0.15, -0.1) is 0 Å². The molecule has 0 bridgehead atoms. The van der Waals surface area contributed by atoms with E-state index in [2.05, 4.69) is 22.5 Å². The van der Waals surface area contributed by atoms with Crippen molar-refractivity contribution in [3.8, 4) is 0 Å². The Morgan fingerprint density at radius 2 is 2.14 bits per heavy atom. The molecule has 2 heteroatoms. The highest BCUT2D eigenvalue weighted by Crippen LogP contribution is 2.26. The molecule has 0 amide bonds. The van der Waals surface area contributed by atoms with Crippen LogP contribution >= 0.6 is 15.9 Å². The summed E-state index contributed by atoms with van der Waals surface area (Å²) in [6.45, 7) is 7.36. The molecule has 0 N–H and O–H groups in total. The molecular formula is C12H12BrF. The first-order chi connectivity index (χ1) is 6.56. The van der Waals surface area contributed by atoms with Gasteiger partial charge in [0.1, 0.15) is 5.82 Å². The summed E-state index contributed by atoms with van der Waals surface area (Å²) in [5, 5.41) is 0. The summed E-state index contributed by atoms with van der Waals surface area (Å²) in [5.74, 6) is -0.188. The monoisotopic (exact) mass is 254 g/mol. The molecule has 0 radical (unpaired) electrons. The highest BCUT2D eigenvalue weighted by molar-refractivity contribution is 9.10. The Hall–Kier alpha value is -0.890. The Labute approximate surface area is 92.3 Å². The minimum atomic E-state index is -0.188. The van der Waals surface area contributed by atoms with Crippen molar-refractivity contribution in [2.45, 2.75) is 13.8 Å². The van der Waals surface area contributed by atoms with Crippen molar-refractivity contribution in [3.63, 3.8) is 0 Å². The average molecular weight is 255 g/mol. The molecule has 0 aromatic heterocycles. The fraction of sp³-hybridized carbons (Fsp3) is 0.167. The number of benzene rings is 1. The van der Waals surface area contributed by atoms with Crippen LogP contribution in [0, 0.1) is 12.7 Å². The molecular weight excluding hydrogens is 243 g/mol. The Kier molecular flexibility index (Phi) is 3.64. The number of hydrogen-bond acceptors (Lipinski definition) is 0. The summed E-state index contributed by atoms with van der Waals surface area (Å²) in [5.41, 5.74) is 2.72. The lowest BCUT2D eigenvalue weighted by atomic mass is 10.0. The zero-order valence-corrected chi connectivity index (χ0v) is 9.86. The molecule has 0 spiro atoms. The number of hydrogen-bond donors (Lipinski definition) is 0. The fourth-order valence-electron chi connectivity index (χ4n) is 1.23. The molecule has 0 fully saturated rings. The first-order valence-corrected chi connectivity index (χ1v) is 5.11. The van der Waals surface area contributed by atoms with Gasteiger partial charge in [-0.05, 0) is 42.7 Å². The molecule has 14 heavy (non-hydrogen) atoms. The highest BCUT2D eigenvalue weighted by Gasteiger charge is 2.05. The summed E-state index contributed by atoms with van der Waals surface area (Å²) in [7, 11) is 0. The summed E-state index contributed by atoms with van der Waals surface area (Å²) >= 11 is 3.34. The van der Waals surface area contributed by atoms with Gasteiger partial charge >= 0.3 is 0 Å². The van der Waals surface area contributed by atoms with Gasteiger partial charge < -0.3 is 0 Å². The van der Waals surface area contributed by atoms with Crippen LogP contribution in [0.25, 0.3) is 5.57 Å². The predicted molar refractivity (Wildman–Crippen MR) is 62.7 cm³/mol. The standard InChI is InChI=1S/C12H12BrF/c1-4-5-8(2)10-6-9(3)12(14)7-11(10)13/h4-7H,1H2,2-3H3/b8-5-. The van der Waals surface area contributed by atoms with E-state index < -0.39 is 0 Å². The van der Waals surface area contributed by atoms with E-state index in [-0.39, 0.29) is 5.82 Å². The number of halogens is 2. The molecule has 0 atom stereocenters. The van der Waals surface area contributed by atoms with Crippen molar-refractivity contribution < 1.29 is 4.39 Å². The minimum absolute atomic E-state index is 0.188. The molecule has 0 nitrogen and oxygen atoms in total. The lowest BCUT2D eigenvalue weighted by Gasteiger charge is -2.06. The third-order valence-electron chi connectivity index (χ3n) is 2.04. The maximum absolute atomic E-state index is 13.1. The number of aryl methyl sites for hydroxylation is 1. The van der Waals surface area contributed by atoms with Gasteiger partial charge in [0.05, 0.1) is 0 Å². The quantitative estimate of drug-likeness (QED) is 0.683. The molecule has 0 aliphatic rings. The zero-order valence-electron chi connectivity index (χ0n) is 8.27. The largest absolute Gasteiger partial charge is 0.207 e. The number of allylic oxidation sites excluding steroid dienone is 3. The van der Waals surface area contributed by atoms with Crippen molar-refractivity contribution in [1.29, 1.82) is 0 Å². The van der Waals surface area contributed by atoms with Crippen LogP contribution in [-0.2, 0) is 0 Å². The molecule has 0 saturated heterocycles. The molecule has 1 aromatic rings. The molecule has 0 unspecified atom stereocenters. The Morgan fingerprint density at radius 3 is 2.71 bits per heavy atom. The smallest absolute Gasteiger partial charge is 0.127 e. The van der Waals surface area contributed by atoms with Gasteiger partial charge in [0, 0.05) is 4.47 Å². The zero-order chi connectivity index (χ0) is 10.7. The minimum Gasteiger partial charge on any atom is -0.207 e. The second-order valence-corrected chi connectivity index (χ2v) is 4.02. The van der Waals surface area contributed by atoms with Crippen molar-refractivity contribution in [3.05, 3.63) is 52.3 Å². The van der Waals surface area contributed by atoms with Crippen molar-refractivity contribution in [2.24, 2.45) is 0 Å². The van der Waals surface area contributed by atoms with E-state index in [0.29, 0.717) is 5.56 Å². The molecule has 1 aromatic carbocycles. The van der Waals surface area contributed by atoms with Gasteiger partial charge in [0.25, 0.3) is 0 Å². The van der Waals surface area contributed by atoms with Gasteiger partial charge in [-0.1, -0.05) is 34.7 Å². The summed E-state index contributed by atoms with van der Waals surface area (Å²) in [6, 6.07) is 3.32. The van der Waals surface area contributed by atoms with Gasteiger partial charge in [0.15, 0.2) is 0 Å². The molecule has 0 aliphatic heterocycles. The van der Waals surface area contributed by atoms with Crippen LogP contribution in [0.2, 0.25) is 0 Å². The van der Waals surface area contributed by atoms with Crippen molar-refractivity contribution >= 4 is 21.5 Å². The first-order valence-electron chi connectivity index (χ1n) is 4.31. The molecule has 0 heterocycles. The molecule has 1 rings (SSSR count). The van der Waals surface area contributed by atoms with E-state index in [1.807, 2.05) is 19.1 Å². The maximum Gasteiger partial charge on any atom is 0.127 e. The van der Waals surface area contributed by atoms with Gasteiger partial charge in [-0.25, -0.2) is 4.39 Å². The molecule has 0 aliphatic carbocycles. The highest BCUT2D eigenvalue weighted by atomic mass is 79.9. The van der Waals surface area contributed by atoms with E-state index in [1.165, 1.54) is 6.07 Å². The Bertz CT molecular complexity index is 392. The third kappa shape index (κ3) is 2.32. The van der Waals surface area contributed by atoms with Crippen LogP contribution < -0.4 is 0 Å². The SMILES string of the molecule is C=C/C=C(/C)c1cc(C)c(F)cc1Br. The average Bonchev–Trinajstić information content (AvgIpc) is 2.11. The van der Waals surface area contributed by atoms with Crippen molar-refractivity contribution in [2.75, 3.05) is 0 Å². The fourth-order valence-corrected chi connectivity index (χ4v) is 1.85. The predicted octanol–water partition coefficient (Wildman–Crippen LogP) is 4.49. The van der Waals surface area contributed by atoms with Crippen LogP contribution in [0.5, 0.6) is 0 Å². The van der Waals surface area contributed by atoms with E-state index in [1.54, 1.807) is 13.0 Å². The van der Waals surface area contributed by atoms with Gasteiger partial charge in [-0.2, -0.15) is 0 Å². The summed E-state index contributed by atoms with van der Waals surface area (Å²) < 4.78 is 13.9. The van der Waals surface area contributed by atoms with Gasteiger partial charge in [0.2, 0.25) is 0 Å². The second-order valence-electron chi connectivity index (χ2n) is 3.17. The van der Waals surface area contributed by atoms with E-state index >= 15 is 0 Å². The Balaban J connectivity index is 3.29. The number of rotatable bonds is 2. The molecule has 0 saturated carbocycles. The summed E-state index contributed by atoms with van der Waals surface area (Å²) in [4.78, 5) is 0. The summed E-state index contributed by atoms with van der Waals surface area (Å²) in [6.07, 6.45) is 3.62. The van der Waals surface area contributed by atoms with Crippen molar-refractivity contribution in [1.82, 2.24) is 0 Å². The first kappa shape index (κ1) is 11.2. The topological polar surface area (TPSA) is 0 Å². The van der Waals surface area contributed by atoms with E-state index in [0.717, 1.165) is 15.6 Å². The normalized spacial score (nSPS) is 11.6. The van der Waals surface area contributed by atoms with E-state index in [9.17, 15) is 4.39 Å². The van der Waals surface area contributed by atoms with Crippen LogP contribution in [0.3, 0.4) is 0 Å².